The van der Waals surface area contributed by atoms with Crippen LogP contribution in [0.15, 0.2) is 71.8 Å². The van der Waals surface area contributed by atoms with Gasteiger partial charge in [0.1, 0.15) is 17.2 Å². The van der Waals surface area contributed by atoms with Crippen molar-refractivity contribution < 1.29 is 9.84 Å². The maximum absolute atomic E-state index is 13.8. The zero-order chi connectivity index (χ0) is 32.3. The second-order valence-corrected chi connectivity index (χ2v) is 14.1. The molecule has 0 atom stereocenters. The van der Waals surface area contributed by atoms with Gasteiger partial charge in [-0.2, -0.15) is 0 Å². The summed E-state index contributed by atoms with van der Waals surface area (Å²) in [4.78, 5) is 30.2. The highest BCUT2D eigenvalue weighted by molar-refractivity contribution is 5.79. The highest BCUT2D eigenvalue weighted by Gasteiger charge is 2.32. The lowest BCUT2D eigenvalue weighted by Gasteiger charge is -2.43. The summed E-state index contributed by atoms with van der Waals surface area (Å²) in [6, 6.07) is 8.68. The van der Waals surface area contributed by atoms with Gasteiger partial charge in [-0.3, -0.25) is 14.3 Å². The van der Waals surface area contributed by atoms with Crippen LogP contribution in [-0.4, -0.2) is 92.9 Å². The van der Waals surface area contributed by atoms with E-state index in [1.165, 1.54) is 11.3 Å². The number of hydrogen-bond acceptors (Lipinski definition) is 9. The van der Waals surface area contributed by atoms with Gasteiger partial charge in [0.05, 0.1) is 44.3 Å². The van der Waals surface area contributed by atoms with Crippen molar-refractivity contribution in [3.05, 3.63) is 99.8 Å². The zero-order valence-corrected chi connectivity index (χ0v) is 27.3. The Morgan fingerprint density at radius 2 is 1.89 bits per heavy atom. The van der Waals surface area contributed by atoms with E-state index < -0.39 is 0 Å². The molecule has 3 aliphatic heterocycles. The van der Waals surface area contributed by atoms with Crippen molar-refractivity contribution in [3.63, 3.8) is 0 Å². The summed E-state index contributed by atoms with van der Waals surface area (Å²) in [5, 5.41) is 14.2. The van der Waals surface area contributed by atoms with Crippen LogP contribution in [-0.2, 0) is 24.2 Å². The van der Waals surface area contributed by atoms with Crippen LogP contribution in [0.25, 0.3) is 16.9 Å². The minimum atomic E-state index is -0.259. The third-order valence-corrected chi connectivity index (χ3v) is 10.0. The lowest BCUT2D eigenvalue weighted by atomic mass is 9.90. The van der Waals surface area contributed by atoms with Crippen molar-refractivity contribution in [1.82, 2.24) is 28.7 Å². The molecule has 11 nitrogen and oxygen atoms in total. The number of nitrogens with one attached hydrogen (secondary N) is 1. The first kappa shape index (κ1) is 29.9. The van der Waals surface area contributed by atoms with Gasteiger partial charge in [0.2, 0.25) is 0 Å². The van der Waals surface area contributed by atoms with Crippen LogP contribution in [0.5, 0.6) is 0 Å². The molecule has 0 amide bonds. The highest BCUT2D eigenvalue weighted by atomic mass is 16.5. The van der Waals surface area contributed by atoms with Gasteiger partial charge in [-0.1, -0.05) is 13.8 Å². The van der Waals surface area contributed by atoms with Crippen molar-refractivity contribution >= 4 is 22.6 Å². The largest absolute Gasteiger partial charge is 0.392 e. The van der Waals surface area contributed by atoms with Gasteiger partial charge in [0.25, 0.3) is 5.56 Å². The molecule has 8 rings (SSSR count). The number of ether oxygens (including phenoxy) is 1. The van der Waals surface area contributed by atoms with E-state index in [4.69, 9.17) is 9.72 Å². The molecule has 0 aromatic carbocycles. The normalized spacial score (nSPS) is 19.8. The Bertz CT molecular complexity index is 1950. The van der Waals surface area contributed by atoms with E-state index in [2.05, 4.69) is 57.2 Å². The number of pyridine rings is 2. The van der Waals surface area contributed by atoms with Crippen LogP contribution in [0.2, 0.25) is 0 Å². The number of likely N-dealkylation sites (N-methyl/N-ethyl adjacent to an activating group) is 1. The Balaban J connectivity index is 1.03. The molecular weight excluding hydrogens is 592 g/mol. The molecule has 0 radical (unpaired) electrons. The van der Waals surface area contributed by atoms with Gasteiger partial charge in [0, 0.05) is 75.0 Å². The number of aromatic nitrogens is 4. The summed E-state index contributed by atoms with van der Waals surface area (Å²) >= 11 is 0. The van der Waals surface area contributed by atoms with Crippen LogP contribution in [0, 0.1) is 5.41 Å². The van der Waals surface area contributed by atoms with Crippen molar-refractivity contribution in [2.75, 3.05) is 63.2 Å². The van der Waals surface area contributed by atoms with E-state index >= 15 is 0 Å². The molecule has 7 heterocycles. The molecule has 4 aromatic rings. The summed E-state index contributed by atoms with van der Waals surface area (Å²) in [6.45, 7) is 10.7. The summed E-state index contributed by atoms with van der Waals surface area (Å²) in [5.74, 6) is 1.22. The van der Waals surface area contributed by atoms with Crippen LogP contribution >= 0.6 is 0 Å². The van der Waals surface area contributed by atoms with Crippen LogP contribution < -0.4 is 15.8 Å². The number of fused-ring (bicyclic) bond motifs is 3. The predicted octanol–water partition coefficient (Wildman–Crippen LogP) is 3.30. The van der Waals surface area contributed by atoms with E-state index in [1.807, 2.05) is 42.0 Å². The Hall–Kier alpha value is -4.45. The molecule has 244 valence electrons. The van der Waals surface area contributed by atoms with E-state index in [-0.39, 0.29) is 17.6 Å². The molecule has 0 spiro atoms. The van der Waals surface area contributed by atoms with Crippen LogP contribution in [0.1, 0.15) is 36.2 Å². The summed E-state index contributed by atoms with van der Waals surface area (Å²) in [7, 11) is 2.02. The SMILES string of the molecule is CN1C=C(c2ccnc(-n3ccn4c5c(cc4c3=O)CC(C)(C)C5)c2CO)C=C(Nc2ccc(N3CCN(C4COC4)CC3)cn2)C1. The number of aliphatic hydroxyl groups is 1. The van der Waals surface area contributed by atoms with E-state index in [9.17, 15) is 9.90 Å². The first-order chi connectivity index (χ1) is 22.8. The average molecular weight is 635 g/mol. The third-order valence-electron chi connectivity index (χ3n) is 10.0. The monoisotopic (exact) mass is 634 g/mol. The summed E-state index contributed by atoms with van der Waals surface area (Å²) < 4.78 is 8.96. The molecule has 47 heavy (non-hydrogen) atoms. The molecule has 2 N–H and O–H groups in total. The molecule has 0 saturated carbocycles. The molecule has 11 heteroatoms. The van der Waals surface area contributed by atoms with E-state index in [0.717, 1.165) is 80.6 Å². The lowest BCUT2D eigenvalue weighted by molar-refractivity contribution is -0.0660. The van der Waals surface area contributed by atoms with Gasteiger partial charge >= 0.3 is 0 Å². The molecule has 2 saturated heterocycles. The Morgan fingerprint density at radius 1 is 1.06 bits per heavy atom. The number of allylic oxidation sites excluding steroid dienone is 2. The second kappa shape index (κ2) is 11.7. The molecule has 4 aliphatic rings. The number of hydrogen-bond donors (Lipinski definition) is 2. The number of rotatable bonds is 7. The Morgan fingerprint density at radius 3 is 2.62 bits per heavy atom. The van der Waals surface area contributed by atoms with Gasteiger partial charge < -0.3 is 29.4 Å². The fraction of sp³-hybridized carbons (Fsp3) is 0.417. The second-order valence-electron chi connectivity index (χ2n) is 14.1. The van der Waals surface area contributed by atoms with Gasteiger partial charge in [-0.05, 0) is 65.3 Å². The number of aliphatic hydroxyl groups excluding tert-OH is 1. The molecule has 2 fully saturated rings. The number of anilines is 2. The van der Waals surface area contributed by atoms with Crippen molar-refractivity contribution in [3.8, 4) is 5.82 Å². The first-order valence-electron chi connectivity index (χ1n) is 16.5. The average Bonchev–Trinajstić information content (AvgIpc) is 3.52. The predicted molar refractivity (Wildman–Crippen MR) is 183 cm³/mol. The first-order valence-corrected chi connectivity index (χ1v) is 16.5. The van der Waals surface area contributed by atoms with Crippen LogP contribution in [0.4, 0.5) is 11.5 Å². The lowest BCUT2D eigenvalue weighted by Crippen LogP contribution is -2.56. The topological polar surface area (TPSA) is 103 Å². The fourth-order valence-electron chi connectivity index (χ4n) is 7.58. The number of nitrogens with zero attached hydrogens (tertiary/aromatic N) is 7. The Kier molecular flexibility index (Phi) is 7.42. The van der Waals surface area contributed by atoms with Gasteiger partial charge in [-0.15, -0.1) is 0 Å². The van der Waals surface area contributed by atoms with Crippen molar-refractivity contribution in [2.24, 2.45) is 5.41 Å². The Labute approximate surface area is 274 Å². The quantitative estimate of drug-likeness (QED) is 0.317. The van der Waals surface area contributed by atoms with Crippen LogP contribution in [0.3, 0.4) is 0 Å². The molecule has 0 unspecified atom stereocenters. The third kappa shape index (κ3) is 5.52. The molecule has 4 aromatic heterocycles. The fourth-order valence-corrected chi connectivity index (χ4v) is 7.58. The molecule has 0 bridgehead atoms. The van der Waals surface area contributed by atoms with Crippen molar-refractivity contribution in [2.45, 2.75) is 39.3 Å². The van der Waals surface area contributed by atoms with E-state index in [1.54, 1.807) is 17.0 Å². The van der Waals surface area contributed by atoms with Crippen molar-refractivity contribution in [1.29, 1.82) is 0 Å². The van der Waals surface area contributed by atoms with Gasteiger partial charge in [0.15, 0.2) is 0 Å². The summed E-state index contributed by atoms with van der Waals surface area (Å²) in [6.07, 6.45) is 13.4. The smallest absolute Gasteiger partial charge is 0.280 e. The maximum Gasteiger partial charge on any atom is 0.280 e. The zero-order valence-electron chi connectivity index (χ0n) is 27.3. The van der Waals surface area contributed by atoms with Gasteiger partial charge in [-0.25, -0.2) is 9.97 Å². The minimum absolute atomic E-state index is 0.143. The highest BCUT2D eigenvalue weighted by Crippen LogP contribution is 2.37. The van der Waals surface area contributed by atoms with E-state index in [0.29, 0.717) is 29.5 Å². The standard InChI is InChI=1S/C36H42N8O3/c1-36(2)16-24-15-31-35(46)44(13-12-43(31)32(24)17-36)34-30(21-45)29(6-7-37-34)25-14-26(20-40(3)19-25)39-33-5-4-27(18-38-33)41-8-10-42(11-9-41)28-22-47-23-28/h4-7,12-15,18-19,28,45H,8-11,16-17,20-23H2,1-3H3,(H,38,39). The number of piperazine rings is 1. The summed E-state index contributed by atoms with van der Waals surface area (Å²) in [5.41, 5.74) is 7.59. The minimum Gasteiger partial charge on any atom is -0.392 e. The molecule has 1 aliphatic carbocycles. The molecular formula is C36H42N8O3. The maximum atomic E-state index is 13.8.